The highest BCUT2D eigenvalue weighted by molar-refractivity contribution is 7.99. The monoisotopic (exact) mass is 438 g/mol. The van der Waals surface area contributed by atoms with Gasteiger partial charge in [-0.25, -0.2) is 0 Å². The molecule has 0 heterocycles. The van der Waals surface area contributed by atoms with Crippen molar-refractivity contribution in [2.24, 2.45) is 0 Å². The van der Waals surface area contributed by atoms with Crippen LogP contribution in [0.4, 0.5) is 0 Å². The maximum atomic E-state index is 13.3. The highest BCUT2D eigenvalue weighted by atomic mass is 32.2. The lowest BCUT2D eigenvalue weighted by Crippen LogP contribution is -2.51. The molecular formula is C26H34N2O2S. The van der Waals surface area contributed by atoms with E-state index < -0.39 is 6.04 Å². The van der Waals surface area contributed by atoms with E-state index in [4.69, 9.17) is 0 Å². The standard InChI is InChI=1S/C26H34N2O2S/c1-3-24(26(30)27-23-14-7-8-15-23)28(17-21-11-5-4-6-12-21)25(29)19-31-18-22-13-9-10-20(2)16-22/h4-6,9-13,16,23-24H,3,7-8,14-15,17-19H2,1-2H3,(H,27,30)/t24-/m0/s1. The van der Waals surface area contributed by atoms with Gasteiger partial charge in [-0.1, -0.05) is 79.9 Å². The van der Waals surface area contributed by atoms with Crippen molar-refractivity contribution in [3.63, 3.8) is 0 Å². The van der Waals surface area contributed by atoms with Gasteiger partial charge in [0, 0.05) is 18.3 Å². The van der Waals surface area contributed by atoms with E-state index in [-0.39, 0.29) is 17.9 Å². The number of hydrogen-bond donors (Lipinski definition) is 1. The number of carbonyl (C=O) groups excluding carboxylic acids is 2. The summed E-state index contributed by atoms with van der Waals surface area (Å²) in [5.41, 5.74) is 3.50. The van der Waals surface area contributed by atoms with Gasteiger partial charge in [0.2, 0.25) is 11.8 Å². The second-order valence-corrected chi connectivity index (χ2v) is 9.39. The summed E-state index contributed by atoms with van der Waals surface area (Å²) in [6, 6.07) is 18.2. The zero-order chi connectivity index (χ0) is 22.1. The summed E-state index contributed by atoms with van der Waals surface area (Å²) < 4.78 is 0. The Labute approximate surface area is 190 Å². The van der Waals surface area contributed by atoms with Crippen LogP contribution in [0.1, 0.15) is 55.7 Å². The van der Waals surface area contributed by atoms with Gasteiger partial charge in [-0.3, -0.25) is 9.59 Å². The van der Waals surface area contributed by atoms with Crippen molar-refractivity contribution in [3.8, 4) is 0 Å². The normalized spacial score (nSPS) is 14.9. The van der Waals surface area contributed by atoms with Gasteiger partial charge in [0.25, 0.3) is 0 Å². The summed E-state index contributed by atoms with van der Waals surface area (Å²) >= 11 is 1.61. The first-order valence-electron chi connectivity index (χ1n) is 11.3. The van der Waals surface area contributed by atoms with Crippen molar-refractivity contribution in [2.45, 2.75) is 70.3 Å². The number of amides is 2. The first-order valence-corrected chi connectivity index (χ1v) is 12.5. The molecule has 31 heavy (non-hydrogen) atoms. The lowest BCUT2D eigenvalue weighted by Gasteiger charge is -2.31. The molecule has 0 radical (unpaired) electrons. The van der Waals surface area contributed by atoms with Crippen molar-refractivity contribution in [2.75, 3.05) is 5.75 Å². The average molecular weight is 439 g/mol. The summed E-state index contributed by atoms with van der Waals surface area (Å²) in [6.07, 6.45) is 5.04. The van der Waals surface area contributed by atoms with Gasteiger partial charge in [-0.2, -0.15) is 0 Å². The fourth-order valence-corrected chi connectivity index (χ4v) is 5.07. The van der Waals surface area contributed by atoms with Gasteiger partial charge in [0.15, 0.2) is 0 Å². The molecule has 0 saturated heterocycles. The molecule has 166 valence electrons. The summed E-state index contributed by atoms with van der Waals surface area (Å²) in [6.45, 7) is 4.53. The molecule has 0 bridgehead atoms. The van der Waals surface area contributed by atoms with Crippen LogP contribution < -0.4 is 5.32 Å². The van der Waals surface area contributed by atoms with E-state index in [2.05, 4.69) is 36.5 Å². The van der Waals surface area contributed by atoms with Crippen LogP contribution in [0.15, 0.2) is 54.6 Å². The number of carbonyl (C=O) groups is 2. The van der Waals surface area contributed by atoms with Crippen LogP contribution >= 0.6 is 11.8 Å². The number of nitrogens with zero attached hydrogens (tertiary/aromatic N) is 1. The topological polar surface area (TPSA) is 49.4 Å². The molecule has 0 aromatic heterocycles. The Morgan fingerprint density at radius 2 is 1.77 bits per heavy atom. The Kier molecular flexibility index (Phi) is 9.01. The van der Waals surface area contributed by atoms with Crippen molar-refractivity contribution in [3.05, 3.63) is 71.3 Å². The van der Waals surface area contributed by atoms with Gasteiger partial charge < -0.3 is 10.2 Å². The number of nitrogens with one attached hydrogen (secondary N) is 1. The Balaban J connectivity index is 1.67. The van der Waals surface area contributed by atoms with Crippen LogP contribution in [0.3, 0.4) is 0 Å². The molecule has 0 spiro atoms. The first kappa shape index (κ1) is 23.4. The van der Waals surface area contributed by atoms with Crippen molar-refractivity contribution >= 4 is 23.6 Å². The van der Waals surface area contributed by atoms with Gasteiger partial charge in [0.05, 0.1) is 5.75 Å². The third kappa shape index (κ3) is 7.13. The summed E-state index contributed by atoms with van der Waals surface area (Å²) in [7, 11) is 0. The third-order valence-electron chi connectivity index (χ3n) is 5.86. The number of thioether (sulfide) groups is 1. The number of aryl methyl sites for hydroxylation is 1. The van der Waals surface area contributed by atoms with E-state index in [9.17, 15) is 9.59 Å². The Morgan fingerprint density at radius 1 is 1.06 bits per heavy atom. The Bertz CT molecular complexity index is 849. The zero-order valence-corrected chi connectivity index (χ0v) is 19.5. The fraction of sp³-hybridized carbons (Fsp3) is 0.462. The number of benzene rings is 2. The SMILES string of the molecule is CC[C@@H](C(=O)NC1CCCC1)N(Cc1ccccc1)C(=O)CSCc1cccc(C)c1. The van der Waals surface area contributed by atoms with Gasteiger partial charge in [0.1, 0.15) is 6.04 Å². The van der Waals surface area contributed by atoms with E-state index in [1.807, 2.05) is 37.3 Å². The second kappa shape index (κ2) is 11.9. The molecule has 0 unspecified atom stereocenters. The van der Waals surface area contributed by atoms with Gasteiger partial charge in [-0.05, 0) is 37.3 Å². The van der Waals surface area contributed by atoms with E-state index in [1.165, 1.54) is 24.0 Å². The summed E-state index contributed by atoms with van der Waals surface area (Å²) in [5.74, 6) is 1.17. The minimum absolute atomic E-state index is 0.0117. The molecule has 1 aliphatic carbocycles. The predicted molar refractivity (Wildman–Crippen MR) is 129 cm³/mol. The highest BCUT2D eigenvalue weighted by Crippen LogP contribution is 2.20. The van der Waals surface area contributed by atoms with Crippen LogP contribution in [-0.2, 0) is 21.9 Å². The van der Waals surface area contributed by atoms with Crippen LogP contribution in [-0.4, -0.2) is 34.6 Å². The molecule has 1 saturated carbocycles. The van der Waals surface area contributed by atoms with Crippen molar-refractivity contribution in [1.82, 2.24) is 10.2 Å². The molecule has 2 amide bonds. The number of hydrogen-bond acceptors (Lipinski definition) is 3. The molecule has 2 aromatic carbocycles. The van der Waals surface area contributed by atoms with Crippen LogP contribution in [0.2, 0.25) is 0 Å². The van der Waals surface area contributed by atoms with E-state index in [0.29, 0.717) is 18.7 Å². The van der Waals surface area contributed by atoms with E-state index in [0.717, 1.165) is 24.2 Å². The van der Waals surface area contributed by atoms with E-state index in [1.54, 1.807) is 16.7 Å². The fourth-order valence-electron chi connectivity index (χ4n) is 4.21. The van der Waals surface area contributed by atoms with Crippen LogP contribution in [0, 0.1) is 6.92 Å². The molecule has 2 aromatic rings. The maximum Gasteiger partial charge on any atom is 0.243 e. The molecule has 1 N–H and O–H groups in total. The third-order valence-corrected chi connectivity index (χ3v) is 6.85. The molecule has 4 nitrogen and oxygen atoms in total. The average Bonchev–Trinajstić information content (AvgIpc) is 3.27. The predicted octanol–water partition coefficient (Wildman–Crippen LogP) is 5.09. The Morgan fingerprint density at radius 3 is 2.45 bits per heavy atom. The zero-order valence-electron chi connectivity index (χ0n) is 18.7. The van der Waals surface area contributed by atoms with Gasteiger partial charge >= 0.3 is 0 Å². The van der Waals surface area contributed by atoms with Crippen LogP contribution in [0.5, 0.6) is 0 Å². The summed E-state index contributed by atoms with van der Waals surface area (Å²) in [4.78, 5) is 28.1. The lowest BCUT2D eigenvalue weighted by atomic mass is 10.1. The van der Waals surface area contributed by atoms with Crippen LogP contribution in [0.25, 0.3) is 0 Å². The largest absolute Gasteiger partial charge is 0.352 e. The minimum atomic E-state index is -0.437. The Hall–Kier alpha value is -2.27. The smallest absolute Gasteiger partial charge is 0.243 e. The quantitative estimate of drug-likeness (QED) is 0.562. The van der Waals surface area contributed by atoms with Crippen molar-refractivity contribution in [1.29, 1.82) is 0 Å². The second-order valence-electron chi connectivity index (χ2n) is 8.40. The molecule has 1 aliphatic rings. The molecule has 5 heteroatoms. The molecule has 0 aliphatic heterocycles. The maximum absolute atomic E-state index is 13.3. The van der Waals surface area contributed by atoms with E-state index >= 15 is 0 Å². The lowest BCUT2D eigenvalue weighted by molar-refractivity contribution is -0.139. The molecular weight excluding hydrogens is 404 g/mol. The molecule has 3 rings (SSSR count). The molecule has 1 atom stereocenters. The van der Waals surface area contributed by atoms with Gasteiger partial charge in [-0.15, -0.1) is 11.8 Å². The summed E-state index contributed by atoms with van der Waals surface area (Å²) in [5, 5.41) is 3.20. The first-order chi connectivity index (χ1) is 15.1. The highest BCUT2D eigenvalue weighted by Gasteiger charge is 2.30. The number of rotatable bonds is 10. The minimum Gasteiger partial charge on any atom is -0.352 e. The molecule has 1 fully saturated rings. The van der Waals surface area contributed by atoms with Crippen molar-refractivity contribution < 1.29 is 9.59 Å².